The Morgan fingerprint density at radius 1 is 1.05 bits per heavy atom. The van der Waals surface area contributed by atoms with Crippen LogP contribution in [-0.4, -0.2) is 16.3 Å². The van der Waals surface area contributed by atoms with E-state index in [0.29, 0.717) is 11.5 Å². The number of anilines is 4. The first kappa shape index (κ1) is 12.2. The van der Waals surface area contributed by atoms with Gasteiger partial charge in [0.2, 0.25) is 5.95 Å². The third kappa shape index (κ3) is 2.32. The lowest BCUT2D eigenvalue weighted by molar-refractivity contribution is -0.286. The molecule has 0 bridgehead atoms. The minimum atomic E-state index is -3.65. The Labute approximate surface area is 111 Å². The van der Waals surface area contributed by atoms with Crippen molar-refractivity contribution in [2.75, 3.05) is 16.8 Å². The predicted octanol–water partition coefficient (Wildman–Crippen LogP) is 1.71. The number of nitrogens with two attached hydrogens (primary N) is 2. The van der Waals surface area contributed by atoms with E-state index in [9.17, 15) is 8.78 Å². The Bertz CT molecular complexity index is 660. The van der Waals surface area contributed by atoms with Crippen molar-refractivity contribution in [3.8, 4) is 11.5 Å². The Hall–Kier alpha value is -2.84. The molecule has 5 N–H and O–H groups in total. The smallest absolute Gasteiger partial charge is 0.395 e. The summed E-state index contributed by atoms with van der Waals surface area (Å²) in [6.07, 6.45) is -3.65. The third-order valence-electron chi connectivity index (χ3n) is 2.44. The molecule has 0 unspecified atom stereocenters. The third-order valence-corrected chi connectivity index (χ3v) is 2.44. The zero-order valence-corrected chi connectivity index (χ0v) is 9.93. The average molecular weight is 281 g/mol. The van der Waals surface area contributed by atoms with Crippen LogP contribution in [0.15, 0.2) is 24.3 Å². The van der Waals surface area contributed by atoms with Gasteiger partial charge in [0.25, 0.3) is 0 Å². The number of halogens is 2. The molecule has 0 fully saturated rings. The van der Waals surface area contributed by atoms with Gasteiger partial charge in [-0.2, -0.15) is 9.97 Å². The molecule has 0 spiro atoms. The van der Waals surface area contributed by atoms with E-state index < -0.39 is 6.29 Å². The fraction of sp³-hybridized carbons (Fsp3) is 0.0909. The summed E-state index contributed by atoms with van der Waals surface area (Å²) in [6, 6.07) is 5.69. The lowest BCUT2D eigenvalue weighted by Crippen LogP contribution is -2.25. The lowest BCUT2D eigenvalue weighted by atomic mass is 10.3. The van der Waals surface area contributed by atoms with E-state index in [-0.39, 0.29) is 23.3 Å². The van der Waals surface area contributed by atoms with Crippen molar-refractivity contribution in [1.29, 1.82) is 0 Å². The number of aromatic nitrogens is 2. The monoisotopic (exact) mass is 281 g/mol. The molecule has 9 heteroatoms. The largest absolute Gasteiger partial charge is 0.586 e. The second-order valence-electron chi connectivity index (χ2n) is 3.99. The molecule has 0 amide bonds. The van der Waals surface area contributed by atoms with Crippen molar-refractivity contribution < 1.29 is 18.3 Å². The zero-order chi connectivity index (χ0) is 14.3. The highest BCUT2D eigenvalue weighted by Crippen LogP contribution is 2.42. The number of alkyl halides is 2. The van der Waals surface area contributed by atoms with Gasteiger partial charge in [0.15, 0.2) is 11.5 Å². The van der Waals surface area contributed by atoms with Gasteiger partial charge in [-0.05, 0) is 12.1 Å². The number of hydrogen-bond acceptors (Lipinski definition) is 7. The van der Waals surface area contributed by atoms with Crippen molar-refractivity contribution in [3.63, 3.8) is 0 Å². The molecule has 0 saturated carbocycles. The highest BCUT2D eigenvalue weighted by molar-refractivity contribution is 5.64. The summed E-state index contributed by atoms with van der Waals surface area (Å²) in [5, 5.41) is 2.85. The molecule has 1 aromatic heterocycles. The molecule has 0 atom stereocenters. The summed E-state index contributed by atoms with van der Waals surface area (Å²) >= 11 is 0. The second-order valence-corrected chi connectivity index (χ2v) is 3.99. The van der Waals surface area contributed by atoms with Crippen molar-refractivity contribution in [2.24, 2.45) is 0 Å². The summed E-state index contributed by atoms with van der Waals surface area (Å²) in [5.41, 5.74) is 11.4. The quantitative estimate of drug-likeness (QED) is 0.768. The van der Waals surface area contributed by atoms with Gasteiger partial charge in [0.1, 0.15) is 11.6 Å². The van der Waals surface area contributed by atoms with Gasteiger partial charge < -0.3 is 26.3 Å². The first-order chi connectivity index (χ1) is 9.41. The maximum absolute atomic E-state index is 12.9. The second kappa shape index (κ2) is 4.08. The van der Waals surface area contributed by atoms with E-state index >= 15 is 0 Å². The fourth-order valence-electron chi connectivity index (χ4n) is 1.72. The van der Waals surface area contributed by atoms with E-state index in [4.69, 9.17) is 11.5 Å². The molecule has 2 heterocycles. The topological polar surface area (TPSA) is 108 Å². The molecular weight excluding hydrogens is 272 g/mol. The molecule has 0 radical (unpaired) electrons. The number of ether oxygens (including phenoxy) is 2. The van der Waals surface area contributed by atoms with Crippen molar-refractivity contribution in [1.82, 2.24) is 9.97 Å². The summed E-state index contributed by atoms with van der Waals surface area (Å²) in [4.78, 5) is 7.62. The maximum atomic E-state index is 12.9. The Morgan fingerprint density at radius 2 is 1.80 bits per heavy atom. The summed E-state index contributed by atoms with van der Waals surface area (Å²) < 4.78 is 34.4. The molecule has 7 nitrogen and oxygen atoms in total. The number of nitrogens with one attached hydrogen (secondary N) is 1. The average Bonchev–Trinajstić information content (AvgIpc) is 2.60. The number of nitrogens with zero attached hydrogens (tertiary/aromatic N) is 2. The van der Waals surface area contributed by atoms with Crippen molar-refractivity contribution in [3.05, 3.63) is 24.3 Å². The highest BCUT2D eigenvalue weighted by atomic mass is 19.3. The Morgan fingerprint density at radius 3 is 2.55 bits per heavy atom. The van der Waals surface area contributed by atoms with E-state index in [1.165, 1.54) is 24.3 Å². The van der Waals surface area contributed by atoms with Gasteiger partial charge in [0.05, 0.1) is 0 Å². The van der Waals surface area contributed by atoms with Crippen LogP contribution >= 0.6 is 0 Å². The molecule has 0 saturated heterocycles. The summed E-state index contributed by atoms with van der Waals surface area (Å²) in [6.45, 7) is 0. The number of rotatable bonds is 2. The predicted molar refractivity (Wildman–Crippen MR) is 66.8 cm³/mol. The summed E-state index contributed by atoms with van der Waals surface area (Å²) in [7, 11) is 0. The van der Waals surface area contributed by atoms with Gasteiger partial charge >= 0.3 is 6.29 Å². The number of fused-ring (bicyclic) bond motifs is 1. The first-order valence-corrected chi connectivity index (χ1v) is 5.48. The van der Waals surface area contributed by atoms with Crippen LogP contribution in [0.2, 0.25) is 0 Å². The van der Waals surface area contributed by atoms with E-state index in [1.54, 1.807) is 0 Å². The van der Waals surface area contributed by atoms with Gasteiger partial charge in [-0.1, -0.05) is 0 Å². The van der Waals surface area contributed by atoms with Gasteiger partial charge in [-0.25, -0.2) is 0 Å². The number of hydrogen-bond donors (Lipinski definition) is 3. The number of benzene rings is 1. The highest BCUT2D eigenvalue weighted by Gasteiger charge is 2.43. The van der Waals surface area contributed by atoms with Crippen LogP contribution in [0.4, 0.5) is 32.1 Å². The normalized spacial score (nSPS) is 15.1. The molecular formula is C11H9F2N5O2. The molecule has 3 rings (SSSR count). The zero-order valence-electron chi connectivity index (χ0n) is 9.93. The Kier molecular flexibility index (Phi) is 2.49. The van der Waals surface area contributed by atoms with Gasteiger partial charge in [-0.15, -0.1) is 8.78 Å². The number of nitrogen functional groups attached to an aromatic ring is 2. The van der Waals surface area contributed by atoms with Crippen LogP contribution in [0.3, 0.4) is 0 Å². The van der Waals surface area contributed by atoms with Crippen LogP contribution in [0, 0.1) is 0 Å². The molecule has 1 aliphatic rings. The molecule has 0 aliphatic carbocycles. The van der Waals surface area contributed by atoms with Gasteiger partial charge in [0, 0.05) is 17.8 Å². The van der Waals surface area contributed by atoms with Crippen LogP contribution in [0.1, 0.15) is 0 Å². The standard InChI is InChI=1S/C11H9F2N5O2/c12-11(13)19-6-2-1-5(3-7(6)20-11)16-9-4-8(14)17-10(15)18-9/h1-4H,(H5,14,15,16,17,18). The van der Waals surface area contributed by atoms with Crippen molar-refractivity contribution in [2.45, 2.75) is 6.29 Å². The first-order valence-electron chi connectivity index (χ1n) is 5.48. The van der Waals surface area contributed by atoms with Crippen LogP contribution in [-0.2, 0) is 0 Å². The van der Waals surface area contributed by atoms with Crippen LogP contribution < -0.4 is 26.3 Å². The fourth-order valence-corrected chi connectivity index (χ4v) is 1.72. The van der Waals surface area contributed by atoms with E-state index in [2.05, 4.69) is 24.8 Å². The molecule has 104 valence electrons. The molecule has 2 aromatic rings. The SMILES string of the molecule is Nc1cc(Nc2ccc3c(c2)OC(F)(F)O3)nc(N)n1. The van der Waals surface area contributed by atoms with E-state index in [0.717, 1.165) is 0 Å². The minimum Gasteiger partial charge on any atom is -0.395 e. The minimum absolute atomic E-state index is 0.000207. The van der Waals surface area contributed by atoms with Crippen LogP contribution in [0.25, 0.3) is 0 Å². The lowest BCUT2D eigenvalue weighted by Gasteiger charge is -2.07. The van der Waals surface area contributed by atoms with Gasteiger partial charge in [-0.3, -0.25) is 0 Å². The summed E-state index contributed by atoms with van der Waals surface area (Å²) in [5.74, 6) is 0.407. The van der Waals surface area contributed by atoms with E-state index in [1.807, 2.05) is 0 Å². The molecule has 1 aliphatic heterocycles. The molecule has 1 aromatic carbocycles. The maximum Gasteiger partial charge on any atom is 0.586 e. The molecule has 20 heavy (non-hydrogen) atoms. The Balaban J connectivity index is 1.86. The van der Waals surface area contributed by atoms with Crippen LogP contribution in [0.5, 0.6) is 11.5 Å². The van der Waals surface area contributed by atoms with Crippen molar-refractivity contribution >= 4 is 23.3 Å².